The van der Waals surface area contributed by atoms with E-state index < -0.39 is 97.5 Å². The number of hydrogen-bond acceptors (Lipinski definition) is 15. The van der Waals surface area contributed by atoms with E-state index >= 15 is 0 Å². The number of phosphoric ester groups is 2. The molecule has 0 aliphatic carbocycles. The quantitative estimate of drug-likeness (QED) is 0.0169. The average molecular weight is 1340 g/mol. The van der Waals surface area contributed by atoms with Crippen LogP contribution in [0.2, 0.25) is 0 Å². The van der Waals surface area contributed by atoms with E-state index in [0.717, 1.165) is 115 Å². The van der Waals surface area contributed by atoms with Crippen molar-refractivity contribution in [2.75, 3.05) is 39.6 Å². The maximum absolute atomic E-state index is 13.0. The van der Waals surface area contributed by atoms with Crippen LogP contribution in [0.4, 0.5) is 0 Å². The van der Waals surface area contributed by atoms with Crippen LogP contribution in [0.1, 0.15) is 343 Å². The molecule has 0 aromatic rings. The molecule has 0 spiro atoms. The van der Waals surface area contributed by atoms with Crippen molar-refractivity contribution in [1.82, 2.24) is 0 Å². The highest BCUT2D eigenvalue weighted by atomic mass is 31.2. The van der Waals surface area contributed by atoms with Crippen LogP contribution in [0.3, 0.4) is 0 Å². The molecule has 536 valence electrons. The molecule has 0 rings (SSSR count). The Bertz CT molecular complexity index is 1860. The average Bonchev–Trinajstić information content (AvgIpc) is 2.31. The molecule has 91 heavy (non-hydrogen) atoms. The van der Waals surface area contributed by atoms with Gasteiger partial charge in [-0.3, -0.25) is 37.3 Å². The Kier molecular flexibility index (Phi) is 61.9. The molecule has 0 saturated carbocycles. The highest BCUT2D eigenvalue weighted by Crippen LogP contribution is 2.45. The van der Waals surface area contributed by atoms with Gasteiger partial charge >= 0.3 is 39.5 Å². The van der Waals surface area contributed by atoms with Gasteiger partial charge in [-0.2, -0.15) is 0 Å². The Morgan fingerprint density at radius 3 is 0.989 bits per heavy atom. The summed E-state index contributed by atoms with van der Waals surface area (Å²) in [6.07, 6.45) is 52.1. The zero-order chi connectivity index (χ0) is 67.2. The number of esters is 4. The number of rotatable bonds is 69. The van der Waals surface area contributed by atoms with E-state index in [1.54, 1.807) is 0 Å². The number of hydrogen-bond donors (Lipinski definition) is 3. The molecule has 0 radical (unpaired) electrons. The molecule has 0 bridgehead atoms. The van der Waals surface area contributed by atoms with Crippen molar-refractivity contribution in [3.8, 4) is 0 Å². The van der Waals surface area contributed by atoms with Gasteiger partial charge in [0.1, 0.15) is 19.3 Å². The van der Waals surface area contributed by atoms with Crippen LogP contribution >= 0.6 is 15.6 Å². The minimum Gasteiger partial charge on any atom is -0.462 e. The maximum Gasteiger partial charge on any atom is 0.472 e. The molecular weight excluding hydrogens is 1200 g/mol. The summed E-state index contributed by atoms with van der Waals surface area (Å²) in [4.78, 5) is 72.6. The molecule has 0 aliphatic rings. The number of carbonyl (C=O) groups is 4. The maximum atomic E-state index is 13.0. The first-order valence-corrected chi connectivity index (χ1v) is 39.8. The monoisotopic (exact) mass is 1330 g/mol. The van der Waals surface area contributed by atoms with E-state index in [4.69, 9.17) is 37.0 Å². The van der Waals surface area contributed by atoms with Crippen LogP contribution in [-0.2, 0) is 65.4 Å². The lowest BCUT2D eigenvalue weighted by atomic mass is 9.99. The number of unbranched alkanes of at least 4 members (excludes halogenated alkanes) is 35. The second-order valence-electron chi connectivity index (χ2n) is 26.0. The first-order valence-electron chi connectivity index (χ1n) is 36.8. The van der Waals surface area contributed by atoms with Crippen molar-refractivity contribution in [1.29, 1.82) is 0 Å². The summed E-state index contributed by atoms with van der Waals surface area (Å²) in [7, 11) is -9.91. The number of phosphoric acid groups is 2. The highest BCUT2D eigenvalue weighted by molar-refractivity contribution is 7.47. The van der Waals surface area contributed by atoms with Gasteiger partial charge < -0.3 is 33.8 Å². The second-order valence-corrected chi connectivity index (χ2v) is 28.9. The van der Waals surface area contributed by atoms with Crippen LogP contribution in [-0.4, -0.2) is 96.7 Å². The van der Waals surface area contributed by atoms with E-state index in [0.29, 0.717) is 25.7 Å². The van der Waals surface area contributed by atoms with E-state index in [1.807, 2.05) is 0 Å². The van der Waals surface area contributed by atoms with Crippen LogP contribution < -0.4 is 0 Å². The van der Waals surface area contributed by atoms with Crippen molar-refractivity contribution in [3.05, 3.63) is 24.3 Å². The fraction of sp³-hybridized carbons (Fsp3) is 0.889. The van der Waals surface area contributed by atoms with Gasteiger partial charge in [-0.1, -0.05) is 291 Å². The predicted octanol–water partition coefficient (Wildman–Crippen LogP) is 20.3. The molecule has 0 amide bonds. The number of aliphatic hydroxyl groups is 1. The largest absolute Gasteiger partial charge is 0.472 e. The molecule has 0 saturated heterocycles. The molecular formula is C72H136O17P2. The fourth-order valence-corrected chi connectivity index (χ4v) is 12.0. The Labute approximate surface area is 554 Å². The lowest BCUT2D eigenvalue weighted by molar-refractivity contribution is -0.161. The number of aliphatic hydroxyl groups excluding tert-OH is 1. The summed E-state index contributed by atoms with van der Waals surface area (Å²) >= 11 is 0. The lowest BCUT2D eigenvalue weighted by Crippen LogP contribution is -2.30. The lowest BCUT2D eigenvalue weighted by Gasteiger charge is -2.21. The third kappa shape index (κ3) is 64.6. The third-order valence-corrected chi connectivity index (χ3v) is 18.3. The normalized spacial score (nSPS) is 14.6. The van der Waals surface area contributed by atoms with Gasteiger partial charge in [-0.15, -0.1) is 0 Å². The molecule has 6 atom stereocenters. The van der Waals surface area contributed by atoms with Gasteiger partial charge in [0.25, 0.3) is 0 Å². The van der Waals surface area contributed by atoms with Gasteiger partial charge in [0.15, 0.2) is 12.2 Å². The molecule has 0 fully saturated rings. The zero-order valence-electron chi connectivity index (χ0n) is 58.6. The third-order valence-electron chi connectivity index (χ3n) is 16.4. The van der Waals surface area contributed by atoms with Gasteiger partial charge in [0.05, 0.1) is 26.4 Å². The summed E-state index contributed by atoms with van der Waals surface area (Å²) in [5.41, 5.74) is 0. The van der Waals surface area contributed by atoms with Gasteiger partial charge in [-0.25, -0.2) is 9.13 Å². The standard InChI is InChI=1S/C72H136O17P2/c1-7-10-12-14-16-18-19-20-21-22-27-31-38-44-50-56-71(76)88-67(61-83-70(75)55-49-43-37-30-26-24-23-25-29-34-40-46-52-64(4)5)62-86-90(78,79)84-58-66(73)59-85-91(80,81)87-63-68(60-82-69(74)54-48-42-36-28-17-15-13-11-8-2)89-72(77)57-51-45-39-33-32-35-41-47-53-65(6)9-3/h18-21,64-68,73H,7-17,22-63H2,1-6H3,(H,78,79)(H,80,81)/b19-18-,21-20-/t65?,66-,67-,68-/m1/s1. The molecule has 17 nitrogen and oxygen atoms in total. The van der Waals surface area contributed by atoms with Crippen LogP contribution in [0.25, 0.3) is 0 Å². The summed E-state index contributed by atoms with van der Waals surface area (Å²) < 4.78 is 68.3. The smallest absolute Gasteiger partial charge is 0.462 e. The predicted molar refractivity (Wildman–Crippen MR) is 367 cm³/mol. The van der Waals surface area contributed by atoms with Crippen molar-refractivity contribution in [2.45, 2.75) is 362 Å². The molecule has 0 aromatic carbocycles. The second kappa shape index (κ2) is 63.6. The van der Waals surface area contributed by atoms with Crippen molar-refractivity contribution in [3.63, 3.8) is 0 Å². The van der Waals surface area contributed by atoms with Crippen LogP contribution in [0, 0.1) is 11.8 Å². The number of carbonyl (C=O) groups excluding carboxylic acids is 4. The van der Waals surface area contributed by atoms with Gasteiger partial charge in [0, 0.05) is 25.7 Å². The zero-order valence-corrected chi connectivity index (χ0v) is 60.4. The Balaban J connectivity index is 5.28. The molecule has 0 aromatic heterocycles. The van der Waals surface area contributed by atoms with Crippen molar-refractivity contribution in [2.24, 2.45) is 11.8 Å². The van der Waals surface area contributed by atoms with E-state index in [2.05, 4.69) is 65.8 Å². The first-order chi connectivity index (χ1) is 43.9. The summed E-state index contributed by atoms with van der Waals surface area (Å²) in [5, 5.41) is 10.6. The highest BCUT2D eigenvalue weighted by Gasteiger charge is 2.30. The topological polar surface area (TPSA) is 237 Å². The molecule has 3 N–H and O–H groups in total. The Morgan fingerprint density at radius 2 is 0.648 bits per heavy atom. The summed E-state index contributed by atoms with van der Waals surface area (Å²) in [5.74, 6) is -0.607. The first kappa shape index (κ1) is 88.5. The molecule has 3 unspecified atom stereocenters. The van der Waals surface area contributed by atoms with Crippen LogP contribution in [0.15, 0.2) is 24.3 Å². The minimum absolute atomic E-state index is 0.0849. The Hall–Kier alpha value is -2.46. The summed E-state index contributed by atoms with van der Waals surface area (Å²) in [6.45, 7) is 9.48. The minimum atomic E-state index is -4.96. The number of allylic oxidation sites excluding steroid dienone is 4. The Morgan fingerprint density at radius 1 is 0.363 bits per heavy atom. The molecule has 0 heterocycles. The van der Waals surface area contributed by atoms with Crippen molar-refractivity contribution >= 4 is 39.5 Å². The van der Waals surface area contributed by atoms with E-state index in [1.165, 1.54) is 148 Å². The number of ether oxygens (including phenoxy) is 4. The van der Waals surface area contributed by atoms with Gasteiger partial charge in [-0.05, 0) is 63.2 Å². The fourth-order valence-electron chi connectivity index (χ4n) is 10.4. The van der Waals surface area contributed by atoms with Crippen LogP contribution in [0.5, 0.6) is 0 Å². The molecule has 19 heteroatoms. The van der Waals surface area contributed by atoms with Crippen molar-refractivity contribution < 1.29 is 80.2 Å². The van der Waals surface area contributed by atoms with Gasteiger partial charge in [0.2, 0.25) is 0 Å². The summed E-state index contributed by atoms with van der Waals surface area (Å²) in [6, 6.07) is 0. The molecule has 0 aliphatic heterocycles. The van der Waals surface area contributed by atoms with E-state index in [9.17, 15) is 43.2 Å². The SMILES string of the molecule is CCCCCC/C=C\C=C/CCCCCCCC(=O)O[C@H](COC(=O)CCCCCCCCCCCCCCC(C)C)COP(=O)(O)OC[C@@H](O)COP(=O)(O)OC[C@@H](COC(=O)CCCCCCCCCCC)OC(=O)CCCCCCCCCCC(C)CC. The van der Waals surface area contributed by atoms with E-state index in [-0.39, 0.29) is 25.7 Å².